The summed E-state index contributed by atoms with van der Waals surface area (Å²) in [5.74, 6) is -4.05. The number of β-lactam (4-membered cyclic amide) rings is 1. The van der Waals surface area contributed by atoms with Crippen LogP contribution >= 0.6 is 11.3 Å². The second kappa shape index (κ2) is 11.1. The Morgan fingerprint density at radius 3 is 2.26 bits per heavy atom. The Hall–Kier alpha value is -3.31. The molecule has 0 aromatic carbocycles. The van der Waals surface area contributed by atoms with Crippen molar-refractivity contribution in [3.63, 3.8) is 0 Å². The van der Waals surface area contributed by atoms with Crippen LogP contribution in [0.5, 0.6) is 0 Å². The van der Waals surface area contributed by atoms with Gasteiger partial charge in [0, 0.05) is 5.38 Å². The van der Waals surface area contributed by atoms with E-state index in [-0.39, 0.29) is 10.8 Å². The summed E-state index contributed by atoms with van der Waals surface area (Å²) >= 11 is 0.975. The van der Waals surface area contributed by atoms with Crippen LogP contribution < -0.4 is 11.1 Å². The summed E-state index contributed by atoms with van der Waals surface area (Å²) in [5.41, 5.74) is 1.13. The van der Waals surface area contributed by atoms with Crippen LogP contribution in [0.25, 0.3) is 0 Å². The summed E-state index contributed by atoms with van der Waals surface area (Å²) in [6, 6.07) is -2.38. The number of anilines is 1. The van der Waals surface area contributed by atoms with Gasteiger partial charge in [-0.15, -0.1) is 11.3 Å². The third-order valence-electron chi connectivity index (χ3n) is 5.24. The van der Waals surface area contributed by atoms with Gasteiger partial charge in [-0.05, 0) is 55.4 Å². The normalized spacial score (nSPS) is 18.8. The third-order valence-corrected chi connectivity index (χ3v) is 7.33. The van der Waals surface area contributed by atoms with Crippen molar-refractivity contribution in [2.45, 2.75) is 78.7 Å². The zero-order chi connectivity index (χ0) is 30.1. The van der Waals surface area contributed by atoms with Gasteiger partial charge in [0.05, 0.1) is 18.1 Å². The molecule has 17 heteroatoms. The summed E-state index contributed by atoms with van der Waals surface area (Å²) < 4.78 is 36.2. The average Bonchev–Trinajstić information content (AvgIpc) is 3.20. The van der Waals surface area contributed by atoms with Crippen molar-refractivity contribution in [1.82, 2.24) is 14.6 Å². The Balaban J connectivity index is 2.15. The van der Waals surface area contributed by atoms with Crippen molar-refractivity contribution in [2.75, 3.05) is 12.3 Å². The van der Waals surface area contributed by atoms with Crippen LogP contribution in [0.2, 0.25) is 0 Å². The fourth-order valence-corrected chi connectivity index (χ4v) is 4.82. The number of ether oxygens (including phenoxy) is 1. The number of carboxylic acids is 1. The van der Waals surface area contributed by atoms with E-state index >= 15 is 0 Å². The van der Waals surface area contributed by atoms with E-state index in [4.69, 9.17) is 19.5 Å². The van der Waals surface area contributed by atoms with E-state index in [9.17, 15) is 32.7 Å². The molecular weight excluding hydrogens is 558 g/mol. The highest BCUT2D eigenvalue weighted by Crippen LogP contribution is 2.28. The monoisotopic (exact) mass is 591 g/mol. The minimum absolute atomic E-state index is 0.0483. The van der Waals surface area contributed by atoms with Gasteiger partial charge in [-0.1, -0.05) is 5.16 Å². The molecule has 1 aromatic rings. The lowest BCUT2D eigenvalue weighted by Crippen LogP contribution is -2.71. The van der Waals surface area contributed by atoms with Gasteiger partial charge >= 0.3 is 22.2 Å². The number of carboxylic acid groups (broad SMARTS) is 1. The number of oxime groups is 1. The highest BCUT2D eigenvalue weighted by Gasteiger charge is 2.53. The number of carbonyl (C=O) groups excluding carboxylic acids is 3. The van der Waals surface area contributed by atoms with E-state index in [1.54, 1.807) is 20.8 Å². The molecule has 0 bridgehead atoms. The molecular formula is C22H33N5O10S2. The zero-order valence-electron chi connectivity index (χ0n) is 22.8. The molecule has 0 saturated carbocycles. The van der Waals surface area contributed by atoms with Gasteiger partial charge in [-0.2, -0.15) is 8.42 Å². The first kappa shape index (κ1) is 31.9. The molecule has 0 aliphatic carbocycles. The zero-order valence-corrected chi connectivity index (χ0v) is 24.4. The standard InChI is InChI=1S/C22H33N5O10S2/c1-11-13(16(29)27(11)39(33,34)35-10-21(5,6)18(32)36-20(2,3)4)25-15(28)14(12-9-38-19(23)24-12)26-37-22(7,8)17(30)31/h9,11,13H,10H2,1-8H3,(H2,23,24)(H,25,28)(H,30,31)/t11-,13-/m0/s1. The van der Waals surface area contributed by atoms with Crippen LogP contribution in [-0.2, 0) is 43.2 Å². The number of nitrogens with two attached hydrogens (primary N) is 1. The summed E-state index contributed by atoms with van der Waals surface area (Å²) in [4.78, 5) is 58.4. The van der Waals surface area contributed by atoms with Crippen molar-refractivity contribution >= 4 is 56.2 Å². The van der Waals surface area contributed by atoms with Crippen molar-refractivity contribution in [1.29, 1.82) is 0 Å². The number of amides is 2. The Labute approximate surface area is 229 Å². The molecule has 4 N–H and O–H groups in total. The maximum absolute atomic E-state index is 13.0. The van der Waals surface area contributed by atoms with E-state index in [1.807, 2.05) is 0 Å². The Kier molecular flexibility index (Phi) is 9.04. The number of aliphatic carboxylic acids is 1. The van der Waals surface area contributed by atoms with Gasteiger partial charge in [0.2, 0.25) is 5.60 Å². The molecule has 39 heavy (non-hydrogen) atoms. The SMILES string of the molecule is C[C@H]1[C@H](NC(=O)C(=NOC(C)(C)C(=O)O)c2csc(N)n2)C(=O)N1S(=O)(=O)OCC(C)(C)C(=O)OC(C)(C)C. The number of nitrogens with zero attached hydrogens (tertiary/aromatic N) is 3. The molecule has 0 unspecified atom stereocenters. The molecule has 0 spiro atoms. The molecule has 1 aromatic heterocycles. The molecule has 2 amide bonds. The lowest BCUT2D eigenvalue weighted by molar-refractivity contribution is -0.167. The predicted octanol–water partition coefficient (Wildman–Crippen LogP) is 0.654. The highest BCUT2D eigenvalue weighted by molar-refractivity contribution is 7.85. The van der Waals surface area contributed by atoms with E-state index < -0.39 is 75.1 Å². The number of carbonyl (C=O) groups is 4. The van der Waals surface area contributed by atoms with Crippen molar-refractivity contribution in [2.24, 2.45) is 10.6 Å². The maximum atomic E-state index is 13.0. The van der Waals surface area contributed by atoms with Gasteiger partial charge in [0.25, 0.3) is 11.8 Å². The minimum Gasteiger partial charge on any atom is -0.478 e. The molecule has 1 saturated heterocycles. The van der Waals surface area contributed by atoms with Crippen LogP contribution in [0, 0.1) is 5.41 Å². The minimum atomic E-state index is -4.63. The number of hydrogen-bond donors (Lipinski definition) is 3. The quantitative estimate of drug-likeness (QED) is 0.140. The largest absolute Gasteiger partial charge is 0.478 e. The van der Waals surface area contributed by atoms with E-state index in [0.29, 0.717) is 4.31 Å². The molecule has 2 heterocycles. The van der Waals surface area contributed by atoms with Crippen LogP contribution in [-0.4, -0.2) is 82.2 Å². The summed E-state index contributed by atoms with van der Waals surface area (Å²) in [5, 5.41) is 16.7. The fourth-order valence-electron chi connectivity index (χ4n) is 2.86. The van der Waals surface area contributed by atoms with Gasteiger partial charge in [-0.3, -0.25) is 18.6 Å². The van der Waals surface area contributed by atoms with Gasteiger partial charge < -0.3 is 25.7 Å². The number of aromatic nitrogens is 1. The van der Waals surface area contributed by atoms with Crippen LogP contribution in [0.15, 0.2) is 10.5 Å². The second-order valence-electron chi connectivity index (χ2n) is 10.8. The van der Waals surface area contributed by atoms with E-state index in [0.717, 1.165) is 11.3 Å². The number of thiazole rings is 1. The molecule has 0 radical (unpaired) electrons. The third kappa shape index (κ3) is 7.63. The number of nitrogen functional groups attached to an aromatic ring is 1. The van der Waals surface area contributed by atoms with Gasteiger partial charge in [-0.25, -0.2) is 14.1 Å². The van der Waals surface area contributed by atoms with Gasteiger partial charge in [0.1, 0.15) is 17.3 Å². The smallest absolute Gasteiger partial charge is 0.365 e. The molecule has 2 atom stereocenters. The molecule has 2 rings (SSSR count). The van der Waals surface area contributed by atoms with Crippen LogP contribution in [0.3, 0.4) is 0 Å². The first-order chi connectivity index (χ1) is 17.6. The maximum Gasteiger partial charge on any atom is 0.365 e. The number of rotatable bonds is 11. The van der Waals surface area contributed by atoms with Gasteiger partial charge in [0.15, 0.2) is 10.8 Å². The van der Waals surface area contributed by atoms with Crippen molar-refractivity contribution in [3.8, 4) is 0 Å². The fraction of sp³-hybridized carbons (Fsp3) is 0.636. The molecule has 15 nitrogen and oxygen atoms in total. The van der Waals surface area contributed by atoms with E-state index in [1.165, 1.54) is 40.0 Å². The Morgan fingerprint density at radius 2 is 1.79 bits per heavy atom. The Morgan fingerprint density at radius 1 is 1.21 bits per heavy atom. The summed E-state index contributed by atoms with van der Waals surface area (Å²) in [7, 11) is -4.63. The predicted molar refractivity (Wildman–Crippen MR) is 139 cm³/mol. The number of hydrogen-bond acceptors (Lipinski definition) is 13. The first-order valence-corrected chi connectivity index (χ1v) is 13.8. The molecule has 1 fully saturated rings. The Bertz CT molecular complexity index is 1280. The van der Waals surface area contributed by atoms with E-state index in [2.05, 4.69) is 15.5 Å². The number of nitrogens with one attached hydrogen (secondary N) is 1. The van der Waals surface area contributed by atoms with Crippen molar-refractivity contribution in [3.05, 3.63) is 11.1 Å². The summed E-state index contributed by atoms with van der Waals surface area (Å²) in [6.07, 6.45) is 0. The molecule has 218 valence electrons. The lowest BCUT2D eigenvalue weighted by atomic mass is 9.95. The van der Waals surface area contributed by atoms with Crippen LogP contribution in [0.1, 0.15) is 61.1 Å². The summed E-state index contributed by atoms with van der Waals surface area (Å²) in [6.45, 7) is 11.0. The molecule has 1 aliphatic heterocycles. The molecule has 1 aliphatic rings. The second-order valence-corrected chi connectivity index (χ2v) is 13.2. The highest BCUT2D eigenvalue weighted by atomic mass is 32.2. The van der Waals surface area contributed by atoms with Crippen molar-refractivity contribution < 1.29 is 46.5 Å². The van der Waals surface area contributed by atoms with Crippen LogP contribution in [0.4, 0.5) is 5.13 Å². The average molecular weight is 592 g/mol. The number of esters is 1. The topological polar surface area (TPSA) is 217 Å². The lowest BCUT2D eigenvalue weighted by Gasteiger charge is -2.43. The first-order valence-electron chi connectivity index (χ1n) is 11.6.